The van der Waals surface area contributed by atoms with Gasteiger partial charge in [-0.05, 0) is 43.2 Å². The molecule has 4 rings (SSSR count). The van der Waals surface area contributed by atoms with Crippen molar-refractivity contribution in [1.82, 2.24) is 0 Å². The summed E-state index contributed by atoms with van der Waals surface area (Å²) < 4.78 is 10.6. The van der Waals surface area contributed by atoms with Crippen molar-refractivity contribution in [2.45, 2.75) is 30.4 Å². The third kappa shape index (κ3) is 4.41. The molecule has 0 fully saturated rings. The van der Waals surface area contributed by atoms with E-state index in [1.807, 2.05) is 55.5 Å². The van der Waals surface area contributed by atoms with E-state index in [4.69, 9.17) is 21.1 Å². The van der Waals surface area contributed by atoms with Crippen LogP contribution in [0.3, 0.4) is 0 Å². The highest BCUT2D eigenvalue weighted by atomic mass is 35.5. The molecule has 7 heteroatoms. The summed E-state index contributed by atoms with van der Waals surface area (Å²) in [6, 6.07) is 15.6. The molecule has 0 saturated heterocycles. The highest BCUT2D eigenvalue weighted by molar-refractivity contribution is 7.98. The molecule has 2 aliphatic heterocycles. The number of thioether (sulfide) groups is 1. The lowest BCUT2D eigenvalue weighted by atomic mass is 9.76. The first-order chi connectivity index (χ1) is 15.0. The number of carbonyl (C=O) groups is 2. The molecule has 0 N–H and O–H groups in total. The average Bonchev–Trinajstić information content (AvgIpc) is 3.13. The van der Waals surface area contributed by atoms with Crippen molar-refractivity contribution in [3.63, 3.8) is 0 Å². The Morgan fingerprint density at radius 1 is 1.23 bits per heavy atom. The Balaban J connectivity index is 1.73. The van der Waals surface area contributed by atoms with Gasteiger partial charge in [0.25, 0.3) is 0 Å². The van der Waals surface area contributed by atoms with Crippen LogP contribution < -0.4 is 0 Å². The van der Waals surface area contributed by atoms with E-state index in [0.29, 0.717) is 22.0 Å². The summed E-state index contributed by atoms with van der Waals surface area (Å²) in [6.07, 6.45) is 0. The van der Waals surface area contributed by atoms with Gasteiger partial charge < -0.3 is 9.47 Å². The van der Waals surface area contributed by atoms with Crippen molar-refractivity contribution < 1.29 is 19.1 Å². The zero-order chi connectivity index (χ0) is 22.0. The van der Waals surface area contributed by atoms with Gasteiger partial charge in [0, 0.05) is 27.3 Å². The van der Waals surface area contributed by atoms with E-state index in [1.54, 1.807) is 18.7 Å². The SMILES string of the molecule is CCOC(=O)C1C(C)=NC2=C(C(=O)OC2)C1c1ccccc1SCc1ccc(Cl)cc1. The Morgan fingerprint density at radius 2 is 1.97 bits per heavy atom. The number of benzene rings is 2. The second-order valence-electron chi connectivity index (χ2n) is 7.35. The maximum Gasteiger partial charge on any atom is 0.337 e. The highest BCUT2D eigenvalue weighted by Gasteiger charge is 2.46. The maximum atomic E-state index is 12.9. The van der Waals surface area contributed by atoms with Crippen LogP contribution in [0.25, 0.3) is 0 Å². The third-order valence-electron chi connectivity index (χ3n) is 5.38. The van der Waals surface area contributed by atoms with Crippen LogP contribution in [0.2, 0.25) is 5.02 Å². The number of cyclic esters (lactones) is 1. The molecule has 2 unspecified atom stereocenters. The minimum Gasteiger partial charge on any atom is -0.465 e. The number of aliphatic imine (C=N–C) groups is 1. The molecule has 0 spiro atoms. The molecule has 0 radical (unpaired) electrons. The van der Waals surface area contributed by atoms with Gasteiger partial charge in [-0.2, -0.15) is 0 Å². The predicted molar refractivity (Wildman–Crippen MR) is 121 cm³/mol. The van der Waals surface area contributed by atoms with Crippen LogP contribution in [-0.4, -0.2) is 30.9 Å². The molecular weight excluding hydrogens is 434 g/mol. The lowest BCUT2D eigenvalue weighted by molar-refractivity contribution is -0.146. The van der Waals surface area contributed by atoms with Crippen molar-refractivity contribution in [2.75, 3.05) is 13.2 Å². The number of halogens is 1. The molecule has 0 bridgehead atoms. The summed E-state index contributed by atoms with van der Waals surface area (Å²) in [4.78, 5) is 31.1. The lowest BCUT2D eigenvalue weighted by Crippen LogP contribution is -2.35. The van der Waals surface area contributed by atoms with Crippen molar-refractivity contribution in [3.8, 4) is 0 Å². The Kier molecular flexibility index (Phi) is 6.49. The van der Waals surface area contributed by atoms with E-state index in [-0.39, 0.29) is 19.2 Å². The molecule has 0 amide bonds. The van der Waals surface area contributed by atoms with Crippen LogP contribution in [0.1, 0.15) is 30.9 Å². The molecule has 0 aromatic heterocycles. The van der Waals surface area contributed by atoms with E-state index < -0.39 is 17.8 Å². The second-order valence-corrected chi connectivity index (χ2v) is 8.80. The van der Waals surface area contributed by atoms with Gasteiger partial charge in [0.15, 0.2) is 0 Å². The van der Waals surface area contributed by atoms with Gasteiger partial charge in [-0.25, -0.2) is 4.79 Å². The number of esters is 2. The molecule has 160 valence electrons. The Labute approximate surface area is 190 Å². The Hall–Kier alpha value is -2.57. The van der Waals surface area contributed by atoms with Crippen LogP contribution in [0, 0.1) is 5.92 Å². The van der Waals surface area contributed by atoms with Crippen LogP contribution in [0.5, 0.6) is 0 Å². The minimum absolute atomic E-state index is 0.137. The van der Waals surface area contributed by atoms with E-state index in [9.17, 15) is 9.59 Å². The summed E-state index contributed by atoms with van der Waals surface area (Å²) in [5.41, 5.74) is 3.74. The van der Waals surface area contributed by atoms with E-state index in [0.717, 1.165) is 21.8 Å². The van der Waals surface area contributed by atoms with E-state index in [1.165, 1.54) is 0 Å². The van der Waals surface area contributed by atoms with Crippen LogP contribution >= 0.6 is 23.4 Å². The smallest absolute Gasteiger partial charge is 0.337 e. The van der Waals surface area contributed by atoms with Gasteiger partial charge >= 0.3 is 11.9 Å². The van der Waals surface area contributed by atoms with E-state index in [2.05, 4.69) is 4.99 Å². The quantitative estimate of drug-likeness (QED) is 0.443. The summed E-state index contributed by atoms with van der Waals surface area (Å²) in [5, 5.41) is 0.697. The monoisotopic (exact) mass is 455 g/mol. The molecule has 2 aromatic rings. The van der Waals surface area contributed by atoms with Crippen molar-refractivity contribution in [1.29, 1.82) is 0 Å². The van der Waals surface area contributed by atoms with Gasteiger partial charge in [-0.3, -0.25) is 9.79 Å². The number of carbonyl (C=O) groups excluding carboxylic acids is 2. The van der Waals surface area contributed by atoms with Gasteiger partial charge in [-0.15, -0.1) is 11.8 Å². The molecular formula is C24H22ClNO4S. The van der Waals surface area contributed by atoms with Gasteiger partial charge in [0.05, 0.1) is 17.9 Å². The van der Waals surface area contributed by atoms with Crippen molar-refractivity contribution in [3.05, 3.63) is 76.0 Å². The van der Waals surface area contributed by atoms with Crippen LogP contribution in [0.4, 0.5) is 0 Å². The molecule has 2 aromatic carbocycles. The molecule has 2 atom stereocenters. The van der Waals surface area contributed by atoms with Crippen LogP contribution in [-0.2, 0) is 24.8 Å². The van der Waals surface area contributed by atoms with Crippen molar-refractivity contribution >= 4 is 41.0 Å². The number of hydrogen-bond donors (Lipinski definition) is 0. The number of hydrogen-bond acceptors (Lipinski definition) is 6. The molecule has 5 nitrogen and oxygen atoms in total. The first-order valence-corrected chi connectivity index (χ1v) is 11.4. The number of nitrogens with zero attached hydrogens (tertiary/aromatic N) is 1. The van der Waals surface area contributed by atoms with Crippen LogP contribution in [0.15, 0.2) is 69.7 Å². The first kappa shape index (κ1) is 21.7. The topological polar surface area (TPSA) is 65.0 Å². The number of rotatable bonds is 6. The Bertz CT molecular complexity index is 1080. The summed E-state index contributed by atoms with van der Waals surface area (Å²) >= 11 is 7.65. The fourth-order valence-electron chi connectivity index (χ4n) is 3.98. The zero-order valence-corrected chi connectivity index (χ0v) is 18.8. The number of ether oxygens (including phenoxy) is 2. The normalized spacial score (nSPS) is 20.2. The zero-order valence-electron chi connectivity index (χ0n) is 17.3. The minimum atomic E-state index is -0.665. The third-order valence-corrected chi connectivity index (χ3v) is 6.79. The lowest BCUT2D eigenvalue weighted by Gasteiger charge is -2.30. The van der Waals surface area contributed by atoms with Gasteiger partial charge in [-0.1, -0.05) is 41.9 Å². The molecule has 2 heterocycles. The molecule has 31 heavy (non-hydrogen) atoms. The predicted octanol–water partition coefficient (Wildman–Crippen LogP) is 5.18. The summed E-state index contributed by atoms with van der Waals surface area (Å²) in [7, 11) is 0. The fourth-order valence-corrected chi connectivity index (χ4v) is 5.16. The van der Waals surface area contributed by atoms with Crippen molar-refractivity contribution in [2.24, 2.45) is 10.9 Å². The van der Waals surface area contributed by atoms with Gasteiger partial charge in [0.2, 0.25) is 0 Å². The molecule has 2 aliphatic rings. The maximum absolute atomic E-state index is 12.9. The fraction of sp³-hybridized carbons (Fsp3) is 0.292. The largest absolute Gasteiger partial charge is 0.465 e. The highest BCUT2D eigenvalue weighted by Crippen LogP contribution is 2.45. The van der Waals surface area contributed by atoms with E-state index >= 15 is 0 Å². The molecule has 0 saturated carbocycles. The second kappa shape index (κ2) is 9.28. The molecule has 0 aliphatic carbocycles. The average molecular weight is 456 g/mol. The summed E-state index contributed by atoms with van der Waals surface area (Å²) in [5.74, 6) is -1.22. The standard InChI is InChI=1S/C24H22ClNO4S/c1-3-29-23(27)20-14(2)26-18-12-30-24(28)22(18)21(20)17-6-4-5-7-19(17)31-13-15-8-10-16(25)11-9-15/h4-11,20-21H,3,12-13H2,1-2H3. The summed E-state index contributed by atoms with van der Waals surface area (Å²) in [6.45, 7) is 3.98. The first-order valence-electron chi connectivity index (χ1n) is 10.1. The Morgan fingerprint density at radius 3 is 2.71 bits per heavy atom. The van der Waals surface area contributed by atoms with Gasteiger partial charge in [0.1, 0.15) is 12.5 Å².